The molecule has 0 aromatic carbocycles. The molecule has 0 atom stereocenters. The molecule has 0 spiro atoms. The monoisotopic (exact) mass is 348 g/mol. The number of piperidine rings is 1. The average molecular weight is 348 g/mol. The maximum absolute atomic E-state index is 10.8. The van der Waals surface area contributed by atoms with Gasteiger partial charge in [0.2, 0.25) is 0 Å². The molecule has 1 fully saturated rings. The fraction of sp³-hybridized carbons (Fsp3) is 0.600. The first-order chi connectivity index (χ1) is 11.7. The van der Waals surface area contributed by atoms with Crippen LogP contribution in [0.15, 0.2) is 11.4 Å². The van der Waals surface area contributed by atoms with Gasteiger partial charge in [-0.2, -0.15) is 0 Å². The fourth-order valence-corrected chi connectivity index (χ4v) is 4.29. The van der Waals surface area contributed by atoms with Crippen molar-refractivity contribution in [2.75, 3.05) is 19.6 Å². The van der Waals surface area contributed by atoms with Crippen molar-refractivity contribution in [1.82, 2.24) is 25.0 Å². The zero-order valence-electron chi connectivity index (χ0n) is 13.3. The normalized spacial score (nSPS) is 19.3. The summed E-state index contributed by atoms with van der Waals surface area (Å²) >= 11 is 1.21. The van der Waals surface area contributed by atoms with Gasteiger partial charge in [-0.3, -0.25) is 15.0 Å². The molecule has 4 rings (SSSR count). The van der Waals surface area contributed by atoms with Crippen LogP contribution >= 0.6 is 11.3 Å². The van der Waals surface area contributed by atoms with Crippen LogP contribution in [0.25, 0.3) is 0 Å². The number of likely N-dealkylation sites (tertiary alicyclic amines) is 1. The van der Waals surface area contributed by atoms with Crippen LogP contribution in [0.3, 0.4) is 0 Å². The molecule has 1 N–H and O–H groups in total. The van der Waals surface area contributed by atoms with Crippen LogP contribution in [0.5, 0.6) is 0 Å². The van der Waals surface area contributed by atoms with Crippen LogP contribution in [0.1, 0.15) is 36.0 Å². The van der Waals surface area contributed by atoms with Gasteiger partial charge in [-0.25, -0.2) is 0 Å². The van der Waals surface area contributed by atoms with Crippen LogP contribution in [0, 0.1) is 10.1 Å². The molecule has 8 nitrogen and oxygen atoms in total. The van der Waals surface area contributed by atoms with Gasteiger partial charge in [0.15, 0.2) is 0 Å². The van der Waals surface area contributed by atoms with E-state index in [1.165, 1.54) is 11.3 Å². The van der Waals surface area contributed by atoms with E-state index in [9.17, 15) is 10.1 Å². The summed E-state index contributed by atoms with van der Waals surface area (Å²) in [5.74, 6) is 2.65. The van der Waals surface area contributed by atoms with Crippen molar-refractivity contribution in [1.29, 1.82) is 0 Å². The van der Waals surface area contributed by atoms with E-state index in [1.54, 1.807) is 6.07 Å². The molecule has 2 aromatic heterocycles. The molecule has 0 amide bonds. The van der Waals surface area contributed by atoms with Crippen molar-refractivity contribution >= 4 is 16.3 Å². The lowest BCUT2D eigenvalue weighted by Gasteiger charge is -2.31. The molecule has 2 aliphatic rings. The van der Waals surface area contributed by atoms with Crippen molar-refractivity contribution in [2.24, 2.45) is 0 Å². The maximum Gasteiger partial charge on any atom is 0.324 e. The van der Waals surface area contributed by atoms with Gasteiger partial charge in [-0.1, -0.05) is 11.3 Å². The van der Waals surface area contributed by atoms with E-state index in [0.717, 1.165) is 69.3 Å². The molecule has 128 valence electrons. The Labute approximate surface area is 143 Å². The number of hydrogen-bond acceptors (Lipinski definition) is 7. The van der Waals surface area contributed by atoms with Gasteiger partial charge in [-0.15, -0.1) is 10.2 Å². The first-order valence-corrected chi connectivity index (χ1v) is 9.15. The standard InChI is InChI=1S/C15H20N6O2S/c22-21(23)14-7-11(10-24-14)9-19-4-1-12(2-5-19)15-18-17-13-8-16-3-6-20(13)15/h7,10,12,16H,1-6,8-9H2. The summed E-state index contributed by atoms with van der Waals surface area (Å²) in [7, 11) is 0. The first kappa shape index (κ1) is 15.7. The predicted octanol–water partition coefficient (Wildman–Crippen LogP) is 1.73. The van der Waals surface area contributed by atoms with Gasteiger partial charge in [0.05, 0.1) is 11.5 Å². The zero-order valence-corrected chi connectivity index (χ0v) is 14.2. The Morgan fingerprint density at radius 1 is 1.33 bits per heavy atom. The van der Waals surface area contributed by atoms with Crippen LogP contribution in [0.4, 0.5) is 5.00 Å². The topological polar surface area (TPSA) is 89.1 Å². The minimum absolute atomic E-state index is 0.226. The summed E-state index contributed by atoms with van der Waals surface area (Å²) in [6.45, 7) is 5.52. The third-order valence-corrected chi connectivity index (χ3v) is 5.76. The van der Waals surface area contributed by atoms with E-state index < -0.39 is 0 Å². The molecule has 4 heterocycles. The van der Waals surface area contributed by atoms with E-state index in [4.69, 9.17) is 0 Å². The lowest BCUT2D eigenvalue weighted by molar-refractivity contribution is -0.380. The van der Waals surface area contributed by atoms with Crippen molar-refractivity contribution in [2.45, 2.75) is 38.4 Å². The second-order valence-electron chi connectivity index (χ2n) is 6.40. The number of nitrogens with one attached hydrogen (secondary N) is 1. The van der Waals surface area contributed by atoms with Gasteiger partial charge in [0, 0.05) is 37.0 Å². The zero-order chi connectivity index (χ0) is 16.5. The highest BCUT2D eigenvalue weighted by Crippen LogP contribution is 2.30. The molecule has 2 aromatic rings. The molecule has 2 aliphatic heterocycles. The Kier molecular flexibility index (Phi) is 4.30. The number of nitrogens with zero attached hydrogens (tertiary/aromatic N) is 5. The first-order valence-electron chi connectivity index (χ1n) is 8.27. The third-order valence-electron chi connectivity index (χ3n) is 4.83. The number of thiophene rings is 1. The number of aromatic nitrogens is 3. The highest BCUT2D eigenvalue weighted by Gasteiger charge is 2.27. The van der Waals surface area contributed by atoms with Gasteiger partial charge < -0.3 is 9.88 Å². The summed E-state index contributed by atoms with van der Waals surface area (Å²) in [4.78, 5) is 12.8. The number of hydrogen-bond donors (Lipinski definition) is 1. The molecular formula is C15H20N6O2S. The minimum atomic E-state index is -0.316. The van der Waals surface area contributed by atoms with E-state index in [0.29, 0.717) is 5.92 Å². The lowest BCUT2D eigenvalue weighted by atomic mass is 9.95. The molecule has 0 radical (unpaired) electrons. The Morgan fingerprint density at radius 3 is 2.92 bits per heavy atom. The van der Waals surface area contributed by atoms with E-state index in [-0.39, 0.29) is 9.92 Å². The van der Waals surface area contributed by atoms with Crippen LogP contribution in [-0.4, -0.2) is 44.2 Å². The number of nitro groups is 1. The van der Waals surface area contributed by atoms with E-state index in [2.05, 4.69) is 25.0 Å². The fourth-order valence-electron chi connectivity index (χ4n) is 3.57. The Hall–Kier alpha value is -1.84. The number of fused-ring (bicyclic) bond motifs is 1. The van der Waals surface area contributed by atoms with Crippen LogP contribution in [-0.2, 0) is 19.6 Å². The Bertz CT molecular complexity index is 734. The average Bonchev–Trinajstić information content (AvgIpc) is 3.23. The Balaban J connectivity index is 1.36. The van der Waals surface area contributed by atoms with Crippen molar-refractivity contribution < 1.29 is 4.92 Å². The highest BCUT2D eigenvalue weighted by atomic mass is 32.1. The summed E-state index contributed by atoms with van der Waals surface area (Å²) in [6, 6.07) is 1.69. The second-order valence-corrected chi connectivity index (χ2v) is 7.29. The highest BCUT2D eigenvalue weighted by molar-refractivity contribution is 7.13. The summed E-state index contributed by atoms with van der Waals surface area (Å²) in [5.41, 5.74) is 1.04. The summed E-state index contributed by atoms with van der Waals surface area (Å²) in [5, 5.41) is 25.0. The van der Waals surface area contributed by atoms with Gasteiger partial charge >= 0.3 is 5.00 Å². The smallest absolute Gasteiger partial charge is 0.312 e. The van der Waals surface area contributed by atoms with E-state index >= 15 is 0 Å². The van der Waals surface area contributed by atoms with Gasteiger partial charge in [-0.05, 0) is 31.5 Å². The SMILES string of the molecule is O=[N+]([O-])c1cc(CN2CCC(c3nnc4n3CCNC4)CC2)cs1. The van der Waals surface area contributed by atoms with Gasteiger partial charge in [0.25, 0.3) is 0 Å². The largest absolute Gasteiger partial charge is 0.324 e. The second kappa shape index (κ2) is 6.58. The van der Waals surface area contributed by atoms with Crippen molar-refractivity contribution in [3.8, 4) is 0 Å². The molecule has 0 bridgehead atoms. The molecular weight excluding hydrogens is 328 g/mol. The predicted molar refractivity (Wildman–Crippen MR) is 90.0 cm³/mol. The summed E-state index contributed by atoms with van der Waals surface area (Å²) in [6.07, 6.45) is 2.13. The minimum Gasteiger partial charge on any atom is -0.312 e. The van der Waals surface area contributed by atoms with E-state index in [1.807, 2.05) is 5.38 Å². The molecule has 0 unspecified atom stereocenters. The van der Waals surface area contributed by atoms with Crippen molar-refractivity contribution in [3.05, 3.63) is 38.8 Å². The van der Waals surface area contributed by atoms with Crippen LogP contribution < -0.4 is 5.32 Å². The third kappa shape index (κ3) is 3.06. The lowest BCUT2D eigenvalue weighted by Crippen LogP contribution is -2.34. The van der Waals surface area contributed by atoms with Crippen LogP contribution in [0.2, 0.25) is 0 Å². The van der Waals surface area contributed by atoms with Crippen molar-refractivity contribution in [3.63, 3.8) is 0 Å². The molecule has 1 saturated heterocycles. The Morgan fingerprint density at radius 2 is 2.17 bits per heavy atom. The molecule has 0 aliphatic carbocycles. The quantitative estimate of drug-likeness (QED) is 0.669. The maximum atomic E-state index is 10.8. The number of rotatable bonds is 4. The van der Waals surface area contributed by atoms with Gasteiger partial charge in [0.1, 0.15) is 11.6 Å². The molecule has 24 heavy (non-hydrogen) atoms. The molecule has 0 saturated carbocycles. The summed E-state index contributed by atoms with van der Waals surface area (Å²) < 4.78 is 2.28. The molecule has 9 heteroatoms.